The molecule has 1 aromatic carbocycles. The number of carbonyl (C=O) groups is 1. The van der Waals surface area contributed by atoms with Crippen molar-refractivity contribution >= 4 is 18.3 Å². The van der Waals surface area contributed by atoms with E-state index in [1.807, 2.05) is 6.92 Å². The van der Waals surface area contributed by atoms with E-state index in [-0.39, 0.29) is 12.4 Å². The summed E-state index contributed by atoms with van der Waals surface area (Å²) in [6.45, 7) is 0.363. The molecule has 3 N–H and O–H groups in total. The zero-order valence-electron chi connectivity index (χ0n) is 9.37. The number of halogens is 3. The molecule has 0 saturated heterocycles. The number of nitrogens with two attached hydrogens (primary N) is 1. The zero-order chi connectivity index (χ0) is 12.2. The average molecular weight is 265 g/mol. The molecule has 0 radical (unpaired) electrons. The summed E-state index contributed by atoms with van der Waals surface area (Å²) in [4.78, 5) is 11.4. The lowest BCUT2D eigenvalue weighted by Crippen LogP contribution is -2.41. The SMILES string of the molecule is Cc1ccc(C(=O)NCC(F)(F)CN)cc1.Cl. The number of rotatable bonds is 4. The molecule has 0 heterocycles. The highest BCUT2D eigenvalue weighted by atomic mass is 35.5. The van der Waals surface area contributed by atoms with Crippen molar-refractivity contribution in [1.82, 2.24) is 5.32 Å². The molecule has 0 aliphatic rings. The van der Waals surface area contributed by atoms with Crippen LogP contribution in [-0.2, 0) is 0 Å². The van der Waals surface area contributed by atoms with E-state index in [4.69, 9.17) is 5.73 Å². The zero-order valence-corrected chi connectivity index (χ0v) is 10.2. The number of nitrogens with one attached hydrogen (secondary N) is 1. The Balaban J connectivity index is 0.00000256. The van der Waals surface area contributed by atoms with Crippen LogP contribution in [0.4, 0.5) is 8.78 Å². The van der Waals surface area contributed by atoms with E-state index in [0.29, 0.717) is 5.56 Å². The topological polar surface area (TPSA) is 55.1 Å². The second-order valence-corrected chi connectivity index (χ2v) is 3.61. The van der Waals surface area contributed by atoms with Crippen LogP contribution in [0, 0.1) is 6.92 Å². The van der Waals surface area contributed by atoms with Gasteiger partial charge in [-0.2, -0.15) is 0 Å². The number of hydrogen-bond acceptors (Lipinski definition) is 2. The van der Waals surface area contributed by atoms with E-state index in [2.05, 4.69) is 5.32 Å². The predicted molar refractivity (Wildman–Crippen MR) is 64.8 cm³/mol. The van der Waals surface area contributed by atoms with E-state index < -0.39 is 24.9 Å². The molecule has 96 valence electrons. The third-order valence-electron chi connectivity index (χ3n) is 2.12. The Kier molecular flexibility index (Phi) is 6.05. The maximum Gasteiger partial charge on any atom is 0.277 e. The molecule has 1 aromatic rings. The van der Waals surface area contributed by atoms with Crippen molar-refractivity contribution in [2.24, 2.45) is 5.73 Å². The van der Waals surface area contributed by atoms with Gasteiger partial charge in [-0.05, 0) is 19.1 Å². The molecule has 1 rings (SSSR count). The van der Waals surface area contributed by atoms with Gasteiger partial charge in [-0.25, -0.2) is 8.78 Å². The Labute approximate surface area is 105 Å². The van der Waals surface area contributed by atoms with Gasteiger partial charge in [0, 0.05) is 5.56 Å². The van der Waals surface area contributed by atoms with Crippen LogP contribution in [0.2, 0.25) is 0 Å². The molecule has 1 amide bonds. The Hall–Kier alpha value is -1.20. The monoisotopic (exact) mass is 264 g/mol. The summed E-state index contributed by atoms with van der Waals surface area (Å²) in [5, 5.41) is 2.14. The fourth-order valence-electron chi connectivity index (χ4n) is 1.09. The smallest absolute Gasteiger partial charge is 0.277 e. The highest BCUT2D eigenvalue weighted by molar-refractivity contribution is 5.94. The van der Waals surface area contributed by atoms with Gasteiger partial charge in [0.25, 0.3) is 11.8 Å². The van der Waals surface area contributed by atoms with Gasteiger partial charge in [-0.1, -0.05) is 17.7 Å². The van der Waals surface area contributed by atoms with E-state index in [0.717, 1.165) is 5.56 Å². The van der Waals surface area contributed by atoms with Crippen LogP contribution in [0.25, 0.3) is 0 Å². The third-order valence-corrected chi connectivity index (χ3v) is 2.12. The normalized spacial score (nSPS) is 10.6. The van der Waals surface area contributed by atoms with Crippen molar-refractivity contribution in [2.45, 2.75) is 12.8 Å². The summed E-state index contributed by atoms with van der Waals surface area (Å²) in [6.07, 6.45) is 0. The number of amides is 1. The van der Waals surface area contributed by atoms with Crippen LogP contribution in [0.1, 0.15) is 15.9 Å². The summed E-state index contributed by atoms with van der Waals surface area (Å²) >= 11 is 0. The summed E-state index contributed by atoms with van der Waals surface area (Å²) < 4.78 is 25.5. The van der Waals surface area contributed by atoms with Gasteiger partial charge in [0.1, 0.15) is 0 Å². The first kappa shape index (κ1) is 15.8. The van der Waals surface area contributed by atoms with Crippen molar-refractivity contribution in [3.05, 3.63) is 35.4 Å². The quantitative estimate of drug-likeness (QED) is 0.870. The van der Waals surface area contributed by atoms with Gasteiger partial charge in [0.05, 0.1) is 13.1 Å². The summed E-state index contributed by atoms with van der Waals surface area (Å²) in [5.41, 5.74) is 6.21. The fourth-order valence-corrected chi connectivity index (χ4v) is 1.09. The predicted octanol–water partition coefficient (Wildman–Crippen LogP) is 1.74. The lowest BCUT2D eigenvalue weighted by molar-refractivity contribution is 0.0118. The molecule has 0 aliphatic heterocycles. The first-order chi connectivity index (χ1) is 7.44. The number of hydrogen-bond donors (Lipinski definition) is 2. The molecular weight excluding hydrogens is 250 g/mol. The summed E-state index contributed by atoms with van der Waals surface area (Å²) in [7, 11) is 0. The van der Waals surface area contributed by atoms with Gasteiger partial charge in [-0.3, -0.25) is 4.79 Å². The first-order valence-corrected chi connectivity index (χ1v) is 4.87. The minimum atomic E-state index is -3.06. The molecule has 0 aromatic heterocycles. The second-order valence-electron chi connectivity index (χ2n) is 3.61. The van der Waals surface area contributed by atoms with Crippen molar-refractivity contribution in [3.8, 4) is 0 Å². The van der Waals surface area contributed by atoms with Crippen LogP contribution in [0.15, 0.2) is 24.3 Å². The molecule has 0 saturated carbocycles. The van der Waals surface area contributed by atoms with Crippen molar-refractivity contribution in [3.63, 3.8) is 0 Å². The molecule has 0 aliphatic carbocycles. The van der Waals surface area contributed by atoms with Crippen LogP contribution in [0.5, 0.6) is 0 Å². The lowest BCUT2D eigenvalue weighted by Gasteiger charge is -2.14. The standard InChI is InChI=1S/C11H14F2N2O.ClH/c1-8-2-4-9(5-3-8)10(16)15-7-11(12,13)6-14;/h2-5H,6-7,14H2,1H3,(H,15,16);1H. The van der Waals surface area contributed by atoms with E-state index in [1.165, 1.54) is 0 Å². The minimum absolute atomic E-state index is 0. The lowest BCUT2D eigenvalue weighted by atomic mass is 10.1. The fraction of sp³-hybridized carbons (Fsp3) is 0.364. The third kappa shape index (κ3) is 5.10. The molecular formula is C11H15ClF2N2O. The van der Waals surface area contributed by atoms with Crippen LogP contribution in [-0.4, -0.2) is 24.9 Å². The minimum Gasteiger partial charge on any atom is -0.346 e. The van der Waals surface area contributed by atoms with E-state index in [1.54, 1.807) is 24.3 Å². The van der Waals surface area contributed by atoms with Crippen molar-refractivity contribution < 1.29 is 13.6 Å². The van der Waals surface area contributed by atoms with Crippen LogP contribution in [0.3, 0.4) is 0 Å². The molecule has 0 bridgehead atoms. The van der Waals surface area contributed by atoms with E-state index in [9.17, 15) is 13.6 Å². The highest BCUT2D eigenvalue weighted by Crippen LogP contribution is 2.09. The van der Waals surface area contributed by atoms with Gasteiger partial charge in [-0.15, -0.1) is 12.4 Å². The first-order valence-electron chi connectivity index (χ1n) is 4.87. The van der Waals surface area contributed by atoms with Gasteiger partial charge in [0.2, 0.25) is 0 Å². The Morgan fingerprint density at radius 3 is 2.35 bits per heavy atom. The Morgan fingerprint density at radius 1 is 1.35 bits per heavy atom. The Morgan fingerprint density at radius 2 is 1.88 bits per heavy atom. The molecule has 0 spiro atoms. The molecule has 0 unspecified atom stereocenters. The summed E-state index contributed by atoms with van der Waals surface area (Å²) in [6, 6.07) is 6.67. The number of carbonyl (C=O) groups excluding carboxylic acids is 1. The van der Waals surface area contributed by atoms with Crippen LogP contribution < -0.4 is 11.1 Å². The molecule has 0 fully saturated rings. The van der Waals surface area contributed by atoms with Crippen molar-refractivity contribution in [1.29, 1.82) is 0 Å². The van der Waals surface area contributed by atoms with Gasteiger partial charge >= 0.3 is 0 Å². The average Bonchev–Trinajstić information content (AvgIpc) is 2.27. The summed E-state index contributed by atoms with van der Waals surface area (Å²) in [5.74, 6) is -3.58. The molecule has 0 atom stereocenters. The molecule has 17 heavy (non-hydrogen) atoms. The number of benzene rings is 1. The van der Waals surface area contributed by atoms with Crippen LogP contribution >= 0.6 is 12.4 Å². The number of aryl methyl sites for hydroxylation is 1. The number of alkyl halides is 2. The van der Waals surface area contributed by atoms with Gasteiger partial charge < -0.3 is 11.1 Å². The Bertz CT molecular complexity index is 368. The largest absolute Gasteiger partial charge is 0.346 e. The maximum absolute atomic E-state index is 12.8. The van der Waals surface area contributed by atoms with E-state index >= 15 is 0 Å². The maximum atomic E-state index is 12.8. The highest BCUT2D eigenvalue weighted by Gasteiger charge is 2.27. The second kappa shape index (κ2) is 6.51. The van der Waals surface area contributed by atoms with Crippen molar-refractivity contribution in [2.75, 3.05) is 13.1 Å². The molecule has 3 nitrogen and oxygen atoms in total. The van der Waals surface area contributed by atoms with Gasteiger partial charge in [0.15, 0.2) is 0 Å². The molecule has 6 heteroatoms.